The van der Waals surface area contributed by atoms with E-state index in [9.17, 15) is 9.59 Å². The second-order valence-corrected chi connectivity index (χ2v) is 5.77. The highest BCUT2D eigenvalue weighted by Gasteiger charge is 2.14. The van der Waals surface area contributed by atoms with Gasteiger partial charge in [0.25, 0.3) is 0 Å². The van der Waals surface area contributed by atoms with E-state index in [2.05, 4.69) is 35.4 Å². The third-order valence-electron chi connectivity index (χ3n) is 4.09. The van der Waals surface area contributed by atoms with Crippen LogP contribution in [0.3, 0.4) is 0 Å². The molecule has 22 heavy (non-hydrogen) atoms. The van der Waals surface area contributed by atoms with Crippen LogP contribution in [0.5, 0.6) is 0 Å². The fraction of sp³-hybridized carbons (Fsp3) is 0.444. The van der Waals surface area contributed by atoms with E-state index < -0.39 is 0 Å². The van der Waals surface area contributed by atoms with Crippen LogP contribution in [0.1, 0.15) is 48.9 Å². The summed E-state index contributed by atoms with van der Waals surface area (Å²) in [6, 6.07) is 6.50. The van der Waals surface area contributed by atoms with Crippen molar-refractivity contribution in [1.29, 1.82) is 0 Å². The van der Waals surface area contributed by atoms with Gasteiger partial charge in [-0.3, -0.25) is 9.59 Å². The number of aryl methyl sites for hydroxylation is 2. The average molecular weight is 300 g/mol. The molecule has 0 saturated carbocycles. The quantitative estimate of drug-likeness (QED) is 0.793. The average Bonchev–Trinajstić information content (AvgIpc) is 2.54. The van der Waals surface area contributed by atoms with Gasteiger partial charge in [0.1, 0.15) is 0 Å². The number of benzene rings is 1. The Morgan fingerprint density at radius 3 is 2.73 bits per heavy atom. The Kier molecular flexibility index (Phi) is 5.75. The molecule has 4 nitrogen and oxygen atoms in total. The van der Waals surface area contributed by atoms with Crippen LogP contribution in [0.4, 0.5) is 0 Å². The van der Waals surface area contributed by atoms with E-state index in [0.29, 0.717) is 6.54 Å². The van der Waals surface area contributed by atoms with Crippen molar-refractivity contribution < 1.29 is 9.59 Å². The third kappa shape index (κ3) is 4.45. The lowest BCUT2D eigenvalue weighted by atomic mass is 9.89. The predicted octanol–water partition coefficient (Wildman–Crippen LogP) is 2.43. The summed E-state index contributed by atoms with van der Waals surface area (Å²) in [5.74, 6) is -0.315. The van der Waals surface area contributed by atoms with Gasteiger partial charge in [0, 0.05) is 13.0 Å². The van der Waals surface area contributed by atoms with Crippen LogP contribution < -0.4 is 10.6 Å². The Bertz CT molecular complexity index is 566. The van der Waals surface area contributed by atoms with Crippen molar-refractivity contribution in [3.63, 3.8) is 0 Å². The number of hydrogen-bond donors (Lipinski definition) is 2. The minimum absolute atomic E-state index is 0.0187. The third-order valence-corrected chi connectivity index (χ3v) is 4.09. The zero-order valence-electron chi connectivity index (χ0n) is 13.2. The first-order valence-electron chi connectivity index (χ1n) is 7.91. The molecule has 1 unspecified atom stereocenters. The maximum Gasteiger partial charge on any atom is 0.243 e. The molecule has 4 heteroatoms. The van der Waals surface area contributed by atoms with Gasteiger partial charge in [0.15, 0.2) is 0 Å². The number of rotatable bonds is 6. The summed E-state index contributed by atoms with van der Waals surface area (Å²) in [6.07, 6.45) is 6.30. The van der Waals surface area contributed by atoms with Crippen LogP contribution >= 0.6 is 0 Å². The molecule has 118 valence electrons. The van der Waals surface area contributed by atoms with E-state index in [0.717, 1.165) is 12.0 Å². The lowest BCUT2D eigenvalue weighted by Crippen LogP contribution is -2.31. The first-order valence-corrected chi connectivity index (χ1v) is 7.91. The molecule has 0 aromatic heterocycles. The van der Waals surface area contributed by atoms with Gasteiger partial charge >= 0.3 is 0 Å². The summed E-state index contributed by atoms with van der Waals surface area (Å²) in [6.45, 7) is 5.69. The standard InChI is InChI=1S/C18H24N2O2/c1-3-17(21)19-11-10-18(22)20-13(2)15-9-8-14-6-4-5-7-16(14)12-15/h3,8-9,12-13H,1,4-7,10-11H2,2H3,(H,19,21)(H,20,22). The largest absolute Gasteiger partial charge is 0.352 e. The molecule has 2 rings (SSSR count). The zero-order chi connectivity index (χ0) is 15.9. The summed E-state index contributed by atoms with van der Waals surface area (Å²) in [5, 5.41) is 5.58. The second-order valence-electron chi connectivity index (χ2n) is 5.77. The summed E-state index contributed by atoms with van der Waals surface area (Å²) in [7, 11) is 0. The fourth-order valence-electron chi connectivity index (χ4n) is 2.79. The SMILES string of the molecule is C=CC(=O)NCCC(=O)NC(C)c1ccc2c(c1)CCCC2. The zero-order valence-corrected chi connectivity index (χ0v) is 13.2. The monoisotopic (exact) mass is 300 g/mol. The van der Waals surface area contributed by atoms with E-state index in [1.54, 1.807) is 0 Å². The van der Waals surface area contributed by atoms with Crippen molar-refractivity contribution in [1.82, 2.24) is 10.6 Å². The van der Waals surface area contributed by atoms with Crippen molar-refractivity contribution >= 4 is 11.8 Å². The molecule has 0 bridgehead atoms. The summed E-state index contributed by atoms with van der Waals surface area (Å²) < 4.78 is 0. The maximum absolute atomic E-state index is 11.9. The van der Waals surface area contributed by atoms with E-state index >= 15 is 0 Å². The number of fused-ring (bicyclic) bond motifs is 1. The van der Waals surface area contributed by atoms with Crippen LogP contribution in [0.15, 0.2) is 30.9 Å². The van der Waals surface area contributed by atoms with Gasteiger partial charge in [-0.15, -0.1) is 0 Å². The van der Waals surface area contributed by atoms with E-state index in [-0.39, 0.29) is 24.3 Å². The fourth-order valence-corrected chi connectivity index (χ4v) is 2.79. The Morgan fingerprint density at radius 2 is 2.00 bits per heavy atom. The molecule has 0 fully saturated rings. The smallest absolute Gasteiger partial charge is 0.243 e. The lowest BCUT2D eigenvalue weighted by Gasteiger charge is -2.20. The second kappa shape index (κ2) is 7.78. The first-order chi connectivity index (χ1) is 10.6. The lowest BCUT2D eigenvalue weighted by molar-refractivity contribution is -0.121. The van der Waals surface area contributed by atoms with Gasteiger partial charge in [-0.1, -0.05) is 24.8 Å². The normalized spacial score (nSPS) is 14.6. The van der Waals surface area contributed by atoms with E-state index in [4.69, 9.17) is 0 Å². The van der Waals surface area contributed by atoms with Gasteiger partial charge in [-0.2, -0.15) is 0 Å². The number of hydrogen-bond acceptors (Lipinski definition) is 2. The molecule has 1 aliphatic carbocycles. The Hall–Kier alpha value is -2.10. The van der Waals surface area contributed by atoms with E-state index in [1.165, 1.54) is 36.5 Å². The Labute approximate surface area is 132 Å². The van der Waals surface area contributed by atoms with Crippen molar-refractivity contribution in [2.24, 2.45) is 0 Å². The van der Waals surface area contributed by atoms with Gasteiger partial charge in [0.2, 0.25) is 11.8 Å². The molecule has 2 N–H and O–H groups in total. The minimum Gasteiger partial charge on any atom is -0.352 e. The number of nitrogens with one attached hydrogen (secondary N) is 2. The number of amides is 2. The molecule has 1 aliphatic rings. The molecule has 0 heterocycles. The molecule has 1 aromatic rings. The summed E-state index contributed by atoms with van der Waals surface area (Å²) in [4.78, 5) is 22.9. The Balaban J connectivity index is 1.86. The Morgan fingerprint density at radius 1 is 1.27 bits per heavy atom. The topological polar surface area (TPSA) is 58.2 Å². The van der Waals surface area contributed by atoms with Gasteiger partial charge in [0.05, 0.1) is 6.04 Å². The molecule has 1 atom stereocenters. The first kappa shape index (κ1) is 16.3. The van der Waals surface area contributed by atoms with Gasteiger partial charge in [-0.25, -0.2) is 0 Å². The van der Waals surface area contributed by atoms with Crippen LogP contribution in [0, 0.1) is 0 Å². The van der Waals surface area contributed by atoms with Gasteiger partial charge in [-0.05, 0) is 55.4 Å². The van der Waals surface area contributed by atoms with Crippen LogP contribution in [-0.2, 0) is 22.4 Å². The molecular formula is C18H24N2O2. The van der Waals surface area contributed by atoms with Gasteiger partial charge < -0.3 is 10.6 Å². The minimum atomic E-state index is -0.254. The summed E-state index contributed by atoms with van der Waals surface area (Å²) >= 11 is 0. The molecule has 0 saturated heterocycles. The highest BCUT2D eigenvalue weighted by molar-refractivity contribution is 5.87. The molecule has 0 aliphatic heterocycles. The number of carbonyl (C=O) groups is 2. The molecular weight excluding hydrogens is 276 g/mol. The van der Waals surface area contributed by atoms with Crippen molar-refractivity contribution in [3.8, 4) is 0 Å². The predicted molar refractivity (Wildman–Crippen MR) is 87.5 cm³/mol. The molecule has 0 spiro atoms. The highest BCUT2D eigenvalue weighted by atomic mass is 16.2. The van der Waals surface area contributed by atoms with Crippen molar-refractivity contribution in [2.75, 3.05) is 6.54 Å². The molecule has 0 radical (unpaired) electrons. The van der Waals surface area contributed by atoms with Crippen LogP contribution in [0.2, 0.25) is 0 Å². The van der Waals surface area contributed by atoms with Crippen molar-refractivity contribution in [2.45, 2.75) is 45.1 Å². The molecule has 2 amide bonds. The van der Waals surface area contributed by atoms with Crippen molar-refractivity contribution in [3.05, 3.63) is 47.5 Å². The van der Waals surface area contributed by atoms with Crippen LogP contribution in [-0.4, -0.2) is 18.4 Å². The van der Waals surface area contributed by atoms with Crippen LogP contribution in [0.25, 0.3) is 0 Å². The molecule has 1 aromatic carbocycles. The van der Waals surface area contributed by atoms with E-state index in [1.807, 2.05) is 6.92 Å². The highest BCUT2D eigenvalue weighted by Crippen LogP contribution is 2.24. The maximum atomic E-state index is 11.9. The summed E-state index contributed by atoms with van der Waals surface area (Å²) in [5.41, 5.74) is 4.01. The number of carbonyl (C=O) groups excluding carboxylic acids is 2.